The Morgan fingerprint density at radius 1 is 1.20 bits per heavy atom. The molecule has 5 heteroatoms. The smallest absolute Gasteiger partial charge is 0.240 e. The molecule has 0 spiro atoms. The van der Waals surface area contributed by atoms with Gasteiger partial charge in [-0.1, -0.05) is 26.0 Å². The number of carbonyl (C=O) groups is 3. The van der Waals surface area contributed by atoms with Crippen LogP contribution in [0.2, 0.25) is 0 Å². The standard InChI is InChI=1S/C15H22N2O3/c1-9(2)10(3)16-13(18)8-17-14(19)11-6-4-5-7-12(11)15(17)20/h4-5,9-12H,6-8H2,1-3H3,(H,16,18)/t10-,11+,12+/m0/s1. The van der Waals surface area contributed by atoms with Crippen LogP contribution in [-0.4, -0.2) is 35.2 Å². The molecule has 2 rings (SSSR count). The van der Waals surface area contributed by atoms with E-state index in [1.807, 2.05) is 32.9 Å². The summed E-state index contributed by atoms with van der Waals surface area (Å²) in [4.78, 5) is 37.5. The fraction of sp³-hybridized carbons (Fsp3) is 0.667. The number of likely N-dealkylation sites (tertiary alicyclic amines) is 1. The highest BCUT2D eigenvalue weighted by atomic mass is 16.2. The molecule has 0 saturated carbocycles. The minimum atomic E-state index is -0.264. The third-order valence-corrected chi connectivity index (χ3v) is 4.29. The lowest BCUT2D eigenvalue weighted by atomic mass is 9.85. The van der Waals surface area contributed by atoms with E-state index < -0.39 is 0 Å². The van der Waals surface area contributed by atoms with Gasteiger partial charge >= 0.3 is 0 Å². The van der Waals surface area contributed by atoms with Crippen molar-refractivity contribution in [1.29, 1.82) is 0 Å². The Labute approximate surface area is 119 Å². The number of hydrogen-bond donors (Lipinski definition) is 1. The van der Waals surface area contributed by atoms with Gasteiger partial charge in [0, 0.05) is 6.04 Å². The lowest BCUT2D eigenvalue weighted by molar-refractivity contribution is -0.143. The van der Waals surface area contributed by atoms with E-state index in [1.165, 1.54) is 0 Å². The Morgan fingerprint density at radius 2 is 1.70 bits per heavy atom. The third kappa shape index (κ3) is 2.76. The minimum Gasteiger partial charge on any atom is -0.352 e. The van der Waals surface area contributed by atoms with Gasteiger partial charge in [0.25, 0.3) is 0 Å². The predicted molar refractivity (Wildman–Crippen MR) is 74.5 cm³/mol. The van der Waals surface area contributed by atoms with E-state index in [4.69, 9.17) is 0 Å². The van der Waals surface area contributed by atoms with E-state index in [2.05, 4.69) is 5.32 Å². The van der Waals surface area contributed by atoms with Gasteiger partial charge in [-0.15, -0.1) is 0 Å². The molecule has 0 unspecified atom stereocenters. The van der Waals surface area contributed by atoms with Crippen LogP contribution in [0.5, 0.6) is 0 Å². The molecule has 1 N–H and O–H groups in total. The summed E-state index contributed by atoms with van der Waals surface area (Å²) in [5, 5.41) is 2.83. The fourth-order valence-corrected chi connectivity index (χ4v) is 2.63. The lowest BCUT2D eigenvalue weighted by Gasteiger charge is -2.20. The monoisotopic (exact) mass is 278 g/mol. The average molecular weight is 278 g/mol. The summed E-state index contributed by atoms with van der Waals surface area (Å²) in [6, 6.07) is 0.0271. The molecule has 0 bridgehead atoms. The topological polar surface area (TPSA) is 66.5 Å². The number of allylic oxidation sites excluding steroid dienone is 2. The van der Waals surface area contributed by atoms with E-state index in [1.54, 1.807) is 0 Å². The molecule has 5 nitrogen and oxygen atoms in total. The van der Waals surface area contributed by atoms with E-state index in [-0.39, 0.29) is 42.1 Å². The van der Waals surface area contributed by atoms with Crippen molar-refractivity contribution in [3.8, 4) is 0 Å². The maximum absolute atomic E-state index is 12.2. The molecule has 0 aromatic heterocycles. The molecular weight excluding hydrogens is 256 g/mol. The van der Waals surface area contributed by atoms with Gasteiger partial charge in [0.1, 0.15) is 6.54 Å². The molecule has 2 aliphatic rings. The molecule has 0 aromatic carbocycles. The van der Waals surface area contributed by atoms with E-state index in [0.717, 1.165) is 4.90 Å². The zero-order chi connectivity index (χ0) is 14.9. The second-order valence-corrected chi connectivity index (χ2v) is 6.02. The van der Waals surface area contributed by atoms with E-state index in [9.17, 15) is 14.4 Å². The molecule has 1 saturated heterocycles. The van der Waals surface area contributed by atoms with Crippen LogP contribution < -0.4 is 5.32 Å². The summed E-state index contributed by atoms with van der Waals surface area (Å²) in [5.74, 6) is -0.866. The van der Waals surface area contributed by atoms with Crippen LogP contribution in [0, 0.1) is 17.8 Å². The number of imide groups is 1. The van der Waals surface area contributed by atoms with Crippen molar-refractivity contribution in [2.45, 2.75) is 39.7 Å². The molecule has 1 aliphatic carbocycles. The molecule has 20 heavy (non-hydrogen) atoms. The molecule has 1 fully saturated rings. The predicted octanol–water partition coefficient (Wildman–Crippen LogP) is 1.10. The van der Waals surface area contributed by atoms with Crippen molar-refractivity contribution in [1.82, 2.24) is 10.2 Å². The number of hydrogen-bond acceptors (Lipinski definition) is 3. The first-order valence-electron chi connectivity index (χ1n) is 7.21. The van der Waals surface area contributed by atoms with Gasteiger partial charge in [-0.2, -0.15) is 0 Å². The third-order valence-electron chi connectivity index (χ3n) is 4.29. The average Bonchev–Trinajstić information content (AvgIpc) is 2.64. The van der Waals surface area contributed by atoms with Gasteiger partial charge in [-0.05, 0) is 25.7 Å². The highest BCUT2D eigenvalue weighted by Crippen LogP contribution is 2.34. The lowest BCUT2D eigenvalue weighted by Crippen LogP contribution is -2.45. The Bertz CT molecular complexity index is 430. The maximum Gasteiger partial charge on any atom is 0.240 e. The van der Waals surface area contributed by atoms with Crippen LogP contribution in [0.4, 0.5) is 0 Å². The van der Waals surface area contributed by atoms with Gasteiger partial charge < -0.3 is 5.32 Å². The Morgan fingerprint density at radius 3 is 2.15 bits per heavy atom. The van der Waals surface area contributed by atoms with Gasteiger partial charge in [0.15, 0.2) is 0 Å². The second kappa shape index (κ2) is 5.77. The van der Waals surface area contributed by atoms with Crippen molar-refractivity contribution in [2.24, 2.45) is 17.8 Å². The summed E-state index contributed by atoms with van der Waals surface area (Å²) in [6.07, 6.45) is 5.10. The molecule has 1 aliphatic heterocycles. The molecular formula is C15H22N2O3. The van der Waals surface area contributed by atoms with Crippen molar-refractivity contribution in [3.05, 3.63) is 12.2 Å². The molecule has 3 atom stereocenters. The summed E-state index contributed by atoms with van der Waals surface area (Å²) < 4.78 is 0. The number of amides is 3. The number of nitrogens with one attached hydrogen (secondary N) is 1. The van der Waals surface area contributed by atoms with Crippen molar-refractivity contribution >= 4 is 17.7 Å². The van der Waals surface area contributed by atoms with Crippen LogP contribution >= 0.6 is 0 Å². The van der Waals surface area contributed by atoms with Crippen LogP contribution in [0.1, 0.15) is 33.6 Å². The molecule has 1 heterocycles. The minimum absolute atomic E-state index is 0.0271. The normalized spacial score (nSPS) is 26.9. The molecule has 0 radical (unpaired) electrons. The molecule has 0 aromatic rings. The van der Waals surface area contributed by atoms with Crippen LogP contribution in [0.25, 0.3) is 0 Å². The largest absolute Gasteiger partial charge is 0.352 e. The zero-order valence-corrected chi connectivity index (χ0v) is 12.3. The molecule has 110 valence electrons. The highest BCUT2D eigenvalue weighted by molar-refractivity contribution is 6.07. The first-order chi connectivity index (χ1) is 9.41. The number of fused-ring (bicyclic) bond motifs is 1. The maximum atomic E-state index is 12.2. The Hall–Kier alpha value is -1.65. The molecule has 3 amide bonds. The van der Waals surface area contributed by atoms with Crippen LogP contribution in [0.15, 0.2) is 12.2 Å². The number of rotatable bonds is 4. The first kappa shape index (κ1) is 14.8. The van der Waals surface area contributed by atoms with Gasteiger partial charge in [0.2, 0.25) is 17.7 Å². The summed E-state index contributed by atoms with van der Waals surface area (Å²) in [5.41, 5.74) is 0. The summed E-state index contributed by atoms with van der Waals surface area (Å²) >= 11 is 0. The van der Waals surface area contributed by atoms with Gasteiger partial charge in [0.05, 0.1) is 11.8 Å². The Kier molecular flexibility index (Phi) is 4.26. The van der Waals surface area contributed by atoms with Crippen molar-refractivity contribution < 1.29 is 14.4 Å². The SMILES string of the molecule is CC(C)[C@H](C)NC(=O)CN1C(=O)[C@@H]2CC=CC[C@H]2C1=O. The van der Waals surface area contributed by atoms with Gasteiger partial charge in [-0.3, -0.25) is 19.3 Å². The Balaban J connectivity index is 1.98. The summed E-state index contributed by atoms with van der Waals surface area (Å²) in [6.45, 7) is 5.79. The fourth-order valence-electron chi connectivity index (χ4n) is 2.63. The zero-order valence-electron chi connectivity index (χ0n) is 12.3. The van der Waals surface area contributed by atoms with Crippen molar-refractivity contribution in [3.63, 3.8) is 0 Å². The first-order valence-corrected chi connectivity index (χ1v) is 7.21. The van der Waals surface area contributed by atoms with Crippen LogP contribution in [-0.2, 0) is 14.4 Å². The highest BCUT2D eigenvalue weighted by Gasteiger charge is 2.47. The van der Waals surface area contributed by atoms with Crippen molar-refractivity contribution in [2.75, 3.05) is 6.54 Å². The quantitative estimate of drug-likeness (QED) is 0.618. The van der Waals surface area contributed by atoms with Crippen LogP contribution in [0.3, 0.4) is 0 Å². The summed E-state index contributed by atoms with van der Waals surface area (Å²) in [7, 11) is 0. The van der Waals surface area contributed by atoms with E-state index >= 15 is 0 Å². The van der Waals surface area contributed by atoms with E-state index in [0.29, 0.717) is 18.8 Å². The number of nitrogens with zero attached hydrogens (tertiary/aromatic N) is 1. The second-order valence-electron chi connectivity index (χ2n) is 6.02. The number of carbonyl (C=O) groups excluding carboxylic acids is 3. The van der Waals surface area contributed by atoms with Gasteiger partial charge in [-0.25, -0.2) is 0 Å².